The number of aromatic nitrogens is 1. The quantitative estimate of drug-likeness (QED) is 0.607. The van der Waals surface area contributed by atoms with Crippen LogP contribution in [-0.2, 0) is 11.3 Å². The Morgan fingerprint density at radius 1 is 1.00 bits per heavy atom. The summed E-state index contributed by atoms with van der Waals surface area (Å²) in [6.45, 7) is 1.05. The van der Waals surface area contributed by atoms with Crippen molar-refractivity contribution in [2.45, 2.75) is 6.54 Å². The van der Waals surface area contributed by atoms with Crippen molar-refractivity contribution < 1.29 is 23.7 Å². The average Bonchev–Trinajstić information content (AvgIpc) is 3.06. The van der Waals surface area contributed by atoms with Crippen molar-refractivity contribution in [3.8, 4) is 17.2 Å². The van der Waals surface area contributed by atoms with Crippen LogP contribution in [0.4, 0.5) is 0 Å². The zero-order valence-electron chi connectivity index (χ0n) is 16.2. The fourth-order valence-corrected chi connectivity index (χ4v) is 3.83. The first-order valence-electron chi connectivity index (χ1n) is 8.58. The minimum Gasteiger partial charge on any atom is -0.497 e. The van der Waals surface area contributed by atoms with Crippen LogP contribution in [0, 0.1) is 0 Å². The topological polar surface area (TPSA) is 71.3 Å². The molecule has 3 rings (SSSR count). The van der Waals surface area contributed by atoms with Crippen molar-refractivity contribution in [2.75, 3.05) is 35.0 Å². The fourth-order valence-electron chi connectivity index (χ4n) is 2.77. The van der Waals surface area contributed by atoms with E-state index in [2.05, 4.69) is 4.99 Å². The van der Waals surface area contributed by atoms with Gasteiger partial charge in [0.1, 0.15) is 5.75 Å². The van der Waals surface area contributed by atoms with Crippen molar-refractivity contribution in [3.05, 3.63) is 46.8 Å². The van der Waals surface area contributed by atoms with Crippen LogP contribution in [0.1, 0.15) is 10.4 Å². The highest BCUT2D eigenvalue weighted by Crippen LogP contribution is 2.33. The number of hydrogen-bond acceptors (Lipinski definition) is 6. The number of amides is 1. The van der Waals surface area contributed by atoms with Crippen LogP contribution in [0.25, 0.3) is 10.2 Å². The van der Waals surface area contributed by atoms with Gasteiger partial charge in [-0.3, -0.25) is 4.79 Å². The van der Waals surface area contributed by atoms with Crippen LogP contribution in [0.15, 0.2) is 41.4 Å². The maximum Gasteiger partial charge on any atom is 0.279 e. The van der Waals surface area contributed by atoms with Gasteiger partial charge in [-0.15, -0.1) is 0 Å². The van der Waals surface area contributed by atoms with E-state index >= 15 is 0 Å². The first kappa shape index (κ1) is 19.9. The summed E-state index contributed by atoms with van der Waals surface area (Å²) in [7, 11) is 6.40. The maximum absolute atomic E-state index is 12.7. The Morgan fingerprint density at radius 3 is 2.29 bits per heavy atom. The molecule has 0 atom stereocenters. The summed E-state index contributed by atoms with van der Waals surface area (Å²) in [5, 5.41) is 0. The Hall–Kier alpha value is -2.84. The summed E-state index contributed by atoms with van der Waals surface area (Å²) in [6, 6.07) is 10.6. The van der Waals surface area contributed by atoms with Gasteiger partial charge in [-0.2, -0.15) is 4.99 Å². The van der Waals surface area contributed by atoms with Gasteiger partial charge in [0.15, 0.2) is 16.3 Å². The summed E-state index contributed by atoms with van der Waals surface area (Å²) < 4.78 is 24.0. The minimum absolute atomic E-state index is 0.320. The fraction of sp³-hybridized carbons (Fsp3) is 0.300. The van der Waals surface area contributed by atoms with Crippen LogP contribution in [0.2, 0.25) is 0 Å². The molecule has 8 heteroatoms. The lowest BCUT2D eigenvalue weighted by atomic mass is 10.2. The lowest BCUT2D eigenvalue weighted by Crippen LogP contribution is -2.19. The molecule has 1 aromatic heterocycles. The molecule has 1 amide bonds. The number of hydrogen-bond donors (Lipinski definition) is 0. The van der Waals surface area contributed by atoms with E-state index in [1.54, 1.807) is 52.7 Å². The first-order valence-corrected chi connectivity index (χ1v) is 9.40. The molecule has 0 aliphatic rings. The summed E-state index contributed by atoms with van der Waals surface area (Å²) >= 11 is 1.41. The SMILES string of the molecule is COCCn1c(=NC(=O)c2ccc(OC)cc2)sc2cc(OC)c(OC)cc21. The second-order valence-electron chi connectivity index (χ2n) is 5.85. The highest BCUT2D eigenvalue weighted by atomic mass is 32.1. The minimum atomic E-state index is -0.320. The van der Waals surface area contributed by atoms with E-state index in [0.29, 0.717) is 40.8 Å². The molecule has 7 nitrogen and oxygen atoms in total. The van der Waals surface area contributed by atoms with Gasteiger partial charge >= 0.3 is 0 Å². The van der Waals surface area contributed by atoms with Gasteiger partial charge in [0.25, 0.3) is 5.91 Å². The molecule has 0 saturated heterocycles. The smallest absolute Gasteiger partial charge is 0.279 e. The molecule has 3 aromatic rings. The van der Waals surface area contributed by atoms with Gasteiger partial charge in [-0.1, -0.05) is 11.3 Å². The molecule has 0 N–H and O–H groups in total. The first-order chi connectivity index (χ1) is 13.6. The van der Waals surface area contributed by atoms with Crippen LogP contribution in [0.3, 0.4) is 0 Å². The Morgan fingerprint density at radius 2 is 1.68 bits per heavy atom. The standard InChI is InChI=1S/C20H22N2O5S/c1-24-10-9-22-15-11-16(26-3)17(27-4)12-18(15)28-20(22)21-19(23)13-5-7-14(25-2)8-6-13/h5-8,11-12H,9-10H2,1-4H3. The van der Waals surface area contributed by atoms with Crippen LogP contribution in [-0.4, -0.2) is 45.5 Å². The van der Waals surface area contributed by atoms with Gasteiger partial charge in [0, 0.05) is 31.4 Å². The second-order valence-corrected chi connectivity index (χ2v) is 6.86. The maximum atomic E-state index is 12.7. The molecule has 1 heterocycles. The molecule has 28 heavy (non-hydrogen) atoms. The third-order valence-corrected chi connectivity index (χ3v) is 5.28. The van der Waals surface area contributed by atoms with Crippen molar-refractivity contribution in [2.24, 2.45) is 4.99 Å². The number of nitrogens with zero attached hydrogens (tertiary/aromatic N) is 2. The molecule has 0 bridgehead atoms. The highest BCUT2D eigenvalue weighted by molar-refractivity contribution is 7.16. The Bertz CT molecular complexity index is 1040. The van der Waals surface area contributed by atoms with Crippen LogP contribution >= 0.6 is 11.3 Å². The molecular weight excluding hydrogens is 380 g/mol. The highest BCUT2D eigenvalue weighted by Gasteiger charge is 2.14. The predicted molar refractivity (Wildman–Crippen MR) is 108 cm³/mol. The van der Waals surface area contributed by atoms with Crippen LogP contribution in [0.5, 0.6) is 17.2 Å². The van der Waals surface area contributed by atoms with E-state index in [1.807, 2.05) is 16.7 Å². The monoisotopic (exact) mass is 402 g/mol. The van der Waals surface area contributed by atoms with Gasteiger partial charge in [-0.25, -0.2) is 0 Å². The Balaban J connectivity index is 2.11. The zero-order valence-corrected chi connectivity index (χ0v) is 17.0. The van der Waals surface area contributed by atoms with Crippen molar-refractivity contribution in [3.63, 3.8) is 0 Å². The number of fused-ring (bicyclic) bond motifs is 1. The molecular formula is C20H22N2O5S. The van der Waals surface area contributed by atoms with E-state index in [0.717, 1.165) is 10.2 Å². The molecule has 0 aliphatic carbocycles. The van der Waals surface area contributed by atoms with Gasteiger partial charge in [0.2, 0.25) is 0 Å². The lowest BCUT2D eigenvalue weighted by molar-refractivity contribution is 0.0997. The van der Waals surface area contributed by atoms with Gasteiger partial charge in [0.05, 0.1) is 38.2 Å². The number of benzene rings is 2. The number of thiazole rings is 1. The molecule has 0 aliphatic heterocycles. The summed E-state index contributed by atoms with van der Waals surface area (Å²) in [5.74, 6) is 1.61. The predicted octanol–water partition coefficient (Wildman–Crippen LogP) is 3.12. The lowest BCUT2D eigenvalue weighted by Gasteiger charge is -2.09. The number of ether oxygens (including phenoxy) is 4. The van der Waals surface area contributed by atoms with Crippen molar-refractivity contribution >= 4 is 27.5 Å². The number of rotatable bonds is 7. The molecule has 0 radical (unpaired) electrons. The number of carbonyl (C=O) groups is 1. The second kappa shape index (κ2) is 8.90. The van der Waals surface area contributed by atoms with Crippen LogP contribution < -0.4 is 19.0 Å². The molecule has 2 aromatic carbocycles. The Labute approximate surface area is 166 Å². The van der Waals surface area contributed by atoms with Gasteiger partial charge < -0.3 is 23.5 Å². The van der Waals surface area contributed by atoms with E-state index in [1.165, 1.54) is 11.3 Å². The molecule has 0 fully saturated rings. The van der Waals surface area contributed by atoms with Crippen molar-refractivity contribution in [1.29, 1.82) is 0 Å². The average molecular weight is 402 g/mol. The largest absolute Gasteiger partial charge is 0.497 e. The normalized spacial score (nSPS) is 11.6. The molecule has 0 spiro atoms. The van der Waals surface area contributed by atoms with E-state index in [-0.39, 0.29) is 5.91 Å². The third kappa shape index (κ3) is 4.02. The summed E-state index contributed by atoms with van der Waals surface area (Å²) in [4.78, 5) is 17.6. The van der Waals surface area contributed by atoms with E-state index in [4.69, 9.17) is 18.9 Å². The third-order valence-electron chi connectivity index (χ3n) is 4.24. The molecule has 148 valence electrons. The van der Waals surface area contributed by atoms with E-state index in [9.17, 15) is 4.79 Å². The number of carbonyl (C=O) groups excluding carboxylic acids is 1. The van der Waals surface area contributed by atoms with E-state index < -0.39 is 0 Å². The van der Waals surface area contributed by atoms with Gasteiger partial charge in [-0.05, 0) is 24.3 Å². The molecule has 0 unspecified atom stereocenters. The molecule has 0 saturated carbocycles. The zero-order chi connectivity index (χ0) is 20.1. The number of methoxy groups -OCH3 is 4. The summed E-state index contributed by atoms with van der Waals surface area (Å²) in [6.07, 6.45) is 0. The Kier molecular flexibility index (Phi) is 6.33. The van der Waals surface area contributed by atoms with Crippen molar-refractivity contribution in [1.82, 2.24) is 4.57 Å². The summed E-state index contributed by atoms with van der Waals surface area (Å²) in [5.41, 5.74) is 1.40.